The number of hydrogen-bond donors (Lipinski definition) is 1. The van der Waals surface area contributed by atoms with E-state index < -0.39 is 0 Å². The predicted molar refractivity (Wildman–Crippen MR) is 87.4 cm³/mol. The number of rotatable bonds is 3. The van der Waals surface area contributed by atoms with Gasteiger partial charge < -0.3 is 20.1 Å². The number of hydrogen-bond acceptors (Lipinski definition) is 3. The summed E-state index contributed by atoms with van der Waals surface area (Å²) in [4.78, 5) is 6.88. The summed E-state index contributed by atoms with van der Waals surface area (Å²) in [5, 5.41) is 0. The topological polar surface area (TPSA) is 60.1 Å². The summed E-state index contributed by atoms with van der Waals surface area (Å²) in [6.45, 7) is 6.64. The van der Waals surface area contributed by atoms with E-state index in [1.54, 1.807) is 7.11 Å². The first-order valence-electron chi connectivity index (χ1n) is 7.88. The quantitative estimate of drug-likeness (QED) is 0.683. The van der Waals surface area contributed by atoms with Crippen LogP contribution in [0.2, 0.25) is 0 Å². The molecule has 1 saturated carbocycles. The third kappa shape index (κ3) is 2.77. The lowest BCUT2D eigenvalue weighted by Crippen LogP contribution is -2.48. The number of aliphatic imine (C=N–C) groups is 1. The first-order chi connectivity index (χ1) is 10.5. The minimum absolute atomic E-state index is 0.0229. The lowest BCUT2D eigenvalue weighted by molar-refractivity contribution is 0.00527. The van der Waals surface area contributed by atoms with Crippen molar-refractivity contribution >= 4 is 5.96 Å². The molecule has 5 nitrogen and oxygen atoms in total. The third-order valence-electron chi connectivity index (χ3n) is 4.77. The average molecular weight is 303 g/mol. The predicted octanol–water partition coefficient (Wildman–Crippen LogP) is 1.76. The first-order valence-corrected chi connectivity index (χ1v) is 7.88. The molecule has 1 aliphatic carbocycles. The van der Waals surface area contributed by atoms with E-state index in [1.807, 2.05) is 12.1 Å². The summed E-state index contributed by atoms with van der Waals surface area (Å²) in [5.74, 6) is 1.57. The van der Waals surface area contributed by atoms with E-state index in [1.165, 1.54) is 5.56 Å². The zero-order chi connectivity index (χ0) is 15.7. The fraction of sp³-hybridized carbons (Fsp3) is 0.588. The zero-order valence-electron chi connectivity index (χ0n) is 13.6. The molecule has 3 atom stereocenters. The molecule has 2 aliphatic rings. The molecular formula is C17H25N3O2. The summed E-state index contributed by atoms with van der Waals surface area (Å²) in [5.41, 5.74) is 7.45. The molecule has 0 spiro atoms. The second-order valence-electron chi connectivity index (χ2n) is 6.45. The Morgan fingerprint density at radius 2 is 2.23 bits per heavy atom. The summed E-state index contributed by atoms with van der Waals surface area (Å²) in [7, 11) is 1.71. The highest BCUT2D eigenvalue weighted by molar-refractivity contribution is 5.79. The van der Waals surface area contributed by atoms with Crippen LogP contribution in [0.25, 0.3) is 0 Å². The van der Waals surface area contributed by atoms with Crippen molar-refractivity contribution in [1.29, 1.82) is 0 Å². The van der Waals surface area contributed by atoms with Crippen LogP contribution in [-0.4, -0.2) is 49.8 Å². The van der Waals surface area contributed by atoms with Gasteiger partial charge in [-0.3, -0.25) is 0 Å². The van der Waals surface area contributed by atoms with E-state index in [0.717, 1.165) is 25.3 Å². The molecule has 0 radical (unpaired) electrons. The molecule has 120 valence electrons. The molecule has 2 fully saturated rings. The van der Waals surface area contributed by atoms with Crippen LogP contribution >= 0.6 is 0 Å². The van der Waals surface area contributed by atoms with Crippen molar-refractivity contribution in [2.45, 2.75) is 37.8 Å². The monoisotopic (exact) mass is 303 g/mol. The van der Waals surface area contributed by atoms with E-state index in [-0.39, 0.29) is 17.6 Å². The van der Waals surface area contributed by atoms with Crippen molar-refractivity contribution in [3.8, 4) is 5.75 Å². The Hall–Kier alpha value is -1.75. The SMILES string of the molecule is COc1ccccc1C1(C)CC1N=C(N)N1CCOC(C)C1. The first kappa shape index (κ1) is 15.2. The van der Waals surface area contributed by atoms with Crippen LogP contribution in [0.5, 0.6) is 5.75 Å². The number of morpholine rings is 1. The number of guanidine groups is 1. The zero-order valence-corrected chi connectivity index (χ0v) is 13.6. The summed E-state index contributed by atoms with van der Waals surface area (Å²) >= 11 is 0. The summed E-state index contributed by atoms with van der Waals surface area (Å²) in [6.07, 6.45) is 1.22. The molecule has 0 bridgehead atoms. The minimum atomic E-state index is 0.0229. The van der Waals surface area contributed by atoms with Crippen molar-refractivity contribution in [2.24, 2.45) is 10.7 Å². The minimum Gasteiger partial charge on any atom is -0.496 e. The van der Waals surface area contributed by atoms with Crippen molar-refractivity contribution in [3.05, 3.63) is 29.8 Å². The van der Waals surface area contributed by atoms with E-state index >= 15 is 0 Å². The normalized spacial score (nSPS) is 32.0. The van der Waals surface area contributed by atoms with Gasteiger partial charge in [0.05, 0.1) is 25.9 Å². The van der Waals surface area contributed by atoms with E-state index in [2.05, 4.69) is 30.9 Å². The van der Waals surface area contributed by atoms with Gasteiger partial charge in [0.15, 0.2) is 5.96 Å². The standard InChI is InChI=1S/C17H25N3O2/c1-12-11-20(8-9-22-12)16(18)19-15-10-17(15,2)13-6-4-5-7-14(13)21-3/h4-7,12,15H,8-11H2,1-3H3,(H2,18,19). The van der Waals surface area contributed by atoms with Crippen molar-refractivity contribution in [1.82, 2.24) is 4.90 Å². The molecule has 5 heteroatoms. The highest BCUT2D eigenvalue weighted by atomic mass is 16.5. The Bertz CT molecular complexity index is 575. The Morgan fingerprint density at radius 3 is 2.95 bits per heavy atom. The van der Waals surface area contributed by atoms with Gasteiger partial charge in [0.25, 0.3) is 0 Å². The fourth-order valence-corrected chi connectivity index (χ4v) is 3.20. The van der Waals surface area contributed by atoms with Crippen LogP contribution in [0.4, 0.5) is 0 Å². The molecule has 22 heavy (non-hydrogen) atoms. The summed E-state index contributed by atoms with van der Waals surface area (Å²) in [6, 6.07) is 8.40. The number of para-hydroxylation sites is 1. The van der Waals surface area contributed by atoms with E-state index in [9.17, 15) is 0 Å². The van der Waals surface area contributed by atoms with Gasteiger partial charge >= 0.3 is 0 Å². The fourth-order valence-electron chi connectivity index (χ4n) is 3.20. The van der Waals surface area contributed by atoms with Gasteiger partial charge in [-0.1, -0.05) is 25.1 Å². The molecule has 3 rings (SSSR count). The number of nitrogens with zero attached hydrogens (tertiary/aromatic N) is 2. The highest BCUT2D eigenvalue weighted by Crippen LogP contribution is 2.53. The average Bonchev–Trinajstić information content (AvgIpc) is 3.18. The maximum absolute atomic E-state index is 6.21. The second-order valence-corrected chi connectivity index (χ2v) is 6.45. The van der Waals surface area contributed by atoms with Gasteiger partial charge in [-0.25, -0.2) is 4.99 Å². The van der Waals surface area contributed by atoms with Crippen LogP contribution in [0.3, 0.4) is 0 Å². The number of methoxy groups -OCH3 is 1. The largest absolute Gasteiger partial charge is 0.496 e. The van der Waals surface area contributed by atoms with Gasteiger partial charge in [0.1, 0.15) is 5.75 Å². The Balaban J connectivity index is 1.74. The van der Waals surface area contributed by atoms with Crippen molar-refractivity contribution in [2.75, 3.05) is 26.8 Å². The smallest absolute Gasteiger partial charge is 0.191 e. The molecule has 1 saturated heterocycles. The van der Waals surface area contributed by atoms with Crippen LogP contribution < -0.4 is 10.5 Å². The molecule has 0 amide bonds. The molecule has 1 heterocycles. The lowest BCUT2D eigenvalue weighted by Gasteiger charge is -2.32. The van der Waals surface area contributed by atoms with E-state index in [4.69, 9.17) is 20.2 Å². The van der Waals surface area contributed by atoms with Crippen molar-refractivity contribution < 1.29 is 9.47 Å². The third-order valence-corrected chi connectivity index (χ3v) is 4.77. The Morgan fingerprint density at radius 1 is 1.45 bits per heavy atom. The molecule has 2 N–H and O–H groups in total. The van der Waals surface area contributed by atoms with Gasteiger partial charge in [-0.2, -0.15) is 0 Å². The molecule has 1 aromatic carbocycles. The molecule has 3 unspecified atom stereocenters. The van der Waals surface area contributed by atoms with Gasteiger partial charge in [0.2, 0.25) is 0 Å². The van der Waals surface area contributed by atoms with Gasteiger partial charge in [-0.15, -0.1) is 0 Å². The summed E-state index contributed by atoms with van der Waals surface area (Å²) < 4.78 is 11.0. The van der Waals surface area contributed by atoms with Gasteiger partial charge in [0, 0.05) is 24.1 Å². The highest BCUT2D eigenvalue weighted by Gasteiger charge is 2.53. The second kappa shape index (κ2) is 5.80. The van der Waals surface area contributed by atoms with Crippen molar-refractivity contribution in [3.63, 3.8) is 0 Å². The molecular weight excluding hydrogens is 278 g/mol. The Kier molecular flexibility index (Phi) is 4.00. The lowest BCUT2D eigenvalue weighted by atomic mass is 9.96. The van der Waals surface area contributed by atoms with Crippen LogP contribution in [0.1, 0.15) is 25.8 Å². The van der Waals surface area contributed by atoms with E-state index in [0.29, 0.717) is 12.6 Å². The number of benzene rings is 1. The van der Waals surface area contributed by atoms with Gasteiger partial charge in [-0.05, 0) is 19.4 Å². The maximum atomic E-state index is 6.21. The van der Waals surface area contributed by atoms with Crippen LogP contribution in [0.15, 0.2) is 29.3 Å². The van der Waals surface area contributed by atoms with Crippen LogP contribution in [-0.2, 0) is 10.2 Å². The molecule has 1 aliphatic heterocycles. The Labute approximate surface area is 132 Å². The molecule has 1 aromatic rings. The maximum Gasteiger partial charge on any atom is 0.191 e. The number of ether oxygens (including phenoxy) is 2. The molecule has 0 aromatic heterocycles. The van der Waals surface area contributed by atoms with Crippen LogP contribution in [0, 0.1) is 0 Å². The number of nitrogens with two attached hydrogens (primary N) is 1.